The van der Waals surface area contributed by atoms with Crippen molar-refractivity contribution in [2.75, 3.05) is 5.32 Å². The van der Waals surface area contributed by atoms with Gasteiger partial charge in [-0.2, -0.15) is 0 Å². The van der Waals surface area contributed by atoms with Gasteiger partial charge in [-0.3, -0.25) is 4.79 Å². The van der Waals surface area contributed by atoms with Crippen molar-refractivity contribution in [3.05, 3.63) is 52.4 Å². The summed E-state index contributed by atoms with van der Waals surface area (Å²) in [6.45, 7) is 0. The van der Waals surface area contributed by atoms with Crippen molar-refractivity contribution in [2.24, 2.45) is 0 Å². The molecule has 1 amide bonds. The molecule has 5 heteroatoms. The van der Waals surface area contributed by atoms with Crippen LogP contribution < -0.4 is 5.32 Å². The van der Waals surface area contributed by atoms with Crippen molar-refractivity contribution in [1.82, 2.24) is 0 Å². The molecular weight excluding hydrogens is 318 g/mol. The second-order valence-electron chi connectivity index (χ2n) is 4.13. The molecule has 1 unspecified atom stereocenters. The molecule has 1 aliphatic rings. The quantitative estimate of drug-likeness (QED) is 0.850. The summed E-state index contributed by atoms with van der Waals surface area (Å²) < 4.78 is 5.36. The standard InChI is InChI=1S/C13H9BrClNO2/c14-13(11-2-1-3-18-11)8-4-7-5-12(17)16-10(7)6-9(8)15/h1-4,6,13H,5H2,(H,16,17). The molecule has 3 nitrogen and oxygen atoms in total. The molecule has 0 fully saturated rings. The van der Waals surface area contributed by atoms with Gasteiger partial charge in [-0.25, -0.2) is 0 Å². The molecule has 0 saturated heterocycles. The minimum Gasteiger partial charge on any atom is -0.468 e. The highest BCUT2D eigenvalue weighted by molar-refractivity contribution is 9.09. The molecule has 0 aliphatic carbocycles. The molecule has 2 aromatic rings. The van der Waals surface area contributed by atoms with Gasteiger partial charge in [-0.15, -0.1) is 0 Å². The lowest BCUT2D eigenvalue weighted by Gasteiger charge is -2.11. The predicted molar refractivity (Wildman–Crippen MR) is 73.3 cm³/mol. The molecule has 3 rings (SSSR count). The maximum atomic E-state index is 11.3. The summed E-state index contributed by atoms with van der Waals surface area (Å²) in [7, 11) is 0. The lowest BCUT2D eigenvalue weighted by Crippen LogP contribution is -2.03. The first-order valence-corrected chi connectivity index (χ1v) is 6.74. The van der Waals surface area contributed by atoms with Crippen molar-refractivity contribution < 1.29 is 9.21 Å². The second-order valence-corrected chi connectivity index (χ2v) is 5.46. The number of hydrogen-bond donors (Lipinski definition) is 1. The van der Waals surface area contributed by atoms with Gasteiger partial charge in [-0.05, 0) is 29.3 Å². The van der Waals surface area contributed by atoms with E-state index in [1.807, 2.05) is 18.2 Å². The SMILES string of the molecule is O=C1Cc2cc(C(Br)c3ccco3)c(Cl)cc2N1. The minimum atomic E-state index is -0.110. The largest absolute Gasteiger partial charge is 0.468 e. The normalized spacial score (nSPS) is 15.3. The summed E-state index contributed by atoms with van der Waals surface area (Å²) in [6.07, 6.45) is 2.02. The van der Waals surface area contributed by atoms with E-state index in [-0.39, 0.29) is 10.7 Å². The highest BCUT2D eigenvalue weighted by Crippen LogP contribution is 2.39. The van der Waals surface area contributed by atoms with E-state index in [1.54, 1.807) is 12.3 Å². The van der Waals surface area contributed by atoms with Crippen molar-refractivity contribution in [2.45, 2.75) is 11.2 Å². The average Bonchev–Trinajstić information content (AvgIpc) is 2.94. The minimum absolute atomic E-state index is 0.00216. The number of alkyl halides is 1. The summed E-state index contributed by atoms with van der Waals surface area (Å²) in [5.74, 6) is 0.788. The molecule has 0 saturated carbocycles. The number of rotatable bonds is 2. The molecule has 18 heavy (non-hydrogen) atoms. The van der Waals surface area contributed by atoms with Crippen LogP contribution in [0.15, 0.2) is 34.9 Å². The molecule has 2 heterocycles. The first-order valence-electron chi connectivity index (χ1n) is 5.45. The number of furan rings is 1. The highest BCUT2D eigenvalue weighted by Gasteiger charge is 2.23. The van der Waals surface area contributed by atoms with E-state index in [0.29, 0.717) is 11.4 Å². The van der Waals surface area contributed by atoms with E-state index in [0.717, 1.165) is 22.6 Å². The number of halogens is 2. The Morgan fingerprint density at radius 3 is 3.00 bits per heavy atom. The van der Waals surface area contributed by atoms with Crippen LogP contribution in [-0.4, -0.2) is 5.91 Å². The van der Waals surface area contributed by atoms with Gasteiger partial charge in [0.25, 0.3) is 0 Å². The van der Waals surface area contributed by atoms with Crippen molar-refractivity contribution in [3.8, 4) is 0 Å². The second kappa shape index (κ2) is 4.44. The summed E-state index contributed by atoms with van der Waals surface area (Å²) in [5, 5.41) is 3.38. The Balaban J connectivity index is 2.03. The fourth-order valence-electron chi connectivity index (χ4n) is 2.05. The molecule has 1 N–H and O–H groups in total. The van der Waals surface area contributed by atoms with Crippen molar-refractivity contribution in [1.29, 1.82) is 0 Å². The first kappa shape index (κ1) is 11.8. The molecule has 92 valence electrons. The third kappa shape index (κ3) is 1.95. The van der Waals surface area contributed by atoms with Gasteiger partial charge in [-0.1, -0.05) is 33.6 Å². The molecule has 0 bridgehead atoms. The van der Waals surface area contributed by atoms with Gasteiger partial charge in [0, 0.05) is 10.7 Å². The van der Waals surface area contributed by atoms with Crippen LogP contribution in [0, 0.1) is 0 Å². The summed E-state index contributed by atoms with van der Waals surface area (Å²) in [5.41, 5.74) is 2.67. The van der Waals surface area contributed by atoms with E-state index in [4.69, 9.17) is 16.0 Å². The van der Waals surface area contributed by atoms with Crippen LogP contribution in [0.5, 0.6) is 0 Å². The third-order valence-corrected chi connectivity index (χ3v) is 4.19. The lowest BCUT2D eigenvalue weighted by atomic mass is 10.0. The number of fused-ring (bicyclic) bond motifs is 1. The van der Waals surface area contributed by atoms with Crippen LogP contribution in [0.25, 0.3) is 0 Å². The zero-order valence-electron chi connectivity index (χ0n) is 9.24. The Labute approximate surface area is 117 Å². The summed E-state index contributed by atoms with van der Waals surface area (Å²) in [4.78, 5) is 11.2. The fourth-order valence-corrected chi connectivity index (χ4v) is 3.09. The number of carbonyl (C=O) groups excluding carboxylic acids is 1. The van der Waals surface area contributed by atoms with E-state index in [9.17, 15) is 4.79 Å². The van der Waals surface area contributed by atoms with Gasteiger partial charge in [0.15, 0.2) is 0 Å². The average molecular weight is 327 g/mol. The topological polar surface area (TPSA) is 42.2 Å². The van der Waals surface area contributed by atoms with Crippen LogP contribution in [-0.2, 0) is 11.2 Å². The Morgan fingerprint density at radius 1 is 1.44 bits per heavy atom. The number of nitrogens with one attached hydrogen (secondary N) is 1. The van der Waals surface area contributed by atoms with E-state index in [1.165, 1.54) is 0 Å². The molecular formula is C13H9BrClNO2. The van der Waals surface area contributed by atoms with E-state index < -0.39 is 0 Å². The summed E-state index contributed by atoms with van der Waals surface area (Å²) >= 11 is 9.81. The van der Waals surface area contributed by atoms with Gasteiger partial charge < -0.3 is 9.73 Å². The molecule has 1 aliphatic heterocycles. The molecule has 0 radical (unpaired) electrons. The van der Waals surface area contributed by atoms with E-state index in [2.05, 4.69) is 21.2 Å². The van der Waals surface area contributed by atoms with Crippen LogP contribution in [0.1, 0.15) is 21.7 Å². The Morgan fingerprint density at radius 2 is 2.28 bits per heavy atom. The molecule has 1 aromatic carbocycles. The van der Waals surface area contributed by atoms with Crippen LogP contribution in [0.3, 0.4) is 0 Å². The summed E-state index contributed by atoms with van der Waals surface area (Å²) in [6, 6.07) is 7.44. The third-order valence-electron chi connectivity index (χ3n) is 2.91. The number of hydrogen-bond acceptors (Lipinski definition) is 2. The first-order chi connectivity index (χ1) is 8.65. The van der Waals surface area contributed by atoms with Crippen molar-refractivity contribution in [3.63, 3.8) is 0 Å². The monoisotopic (exact) mass is 325 g/mol. The zero-order chi connectivity index (χ0) is 12.7. The van der Waals surface area contributed by atoms with Gasteiger partial charge in [0.1, 0.15) is 5.76 Å². The maximum absolute atomic E-state index is 11.3. The molecule has 0 spiro atoms. The number of benzene rings is 1. The van der Waals surface area contributed by atoms with Crippen LogP contribution >= 0.6 is 27.5 Å². The lowest BCUT2D eigenvalue weighted by molar-refractivity contribution is -0.115. The molecule has 1 atom stereocenters. The number of carbonyl (C=O) groups is 1. The van der Waals surface area contributed by atoms with E-state index >= 15 is 0 Å². The maximum Gasteiger partial charge on any atom is 0.228 e. The highest BCUT2D eigenvalue weighted by atomic mass is 79.9. The van der Waals surface area contributed by atoms with Crippen LogP contribution in [0.4, 0.5) is 5.69 Å². The predicted octanol–water partition coefficient (Wildman–Crippen LogP) is 3.91. The van der Waals surface area contributed by atoms with Crippen molar-refractivity contribution >= 4 is 39.1 Å². The number of amides is 1. The van der Waals surface area contributed by atoms with Crippen LogP contribution in [0.2, 0.25) is 5.02 Å². The van der Waals surface area contributed by atoms with Gasteiger partial charge >= 0.3 is 0 Å². The fraction of sp³-hybridized carbons (Fsp3) is 0.154. The zero-order valence-corrected chi connectivity index (χ0v) is 11.6. The number of anilines is 1. The Hall–Kier alpha value is -1.26. The smallest absolute Gasteiger partial charge is 0.228 e. The molecule has 1 aromatic heterocycles. The van der Waals surface area contributed by atoms with Gasteiger partial charge in [0.2, 0.25) is 5.91 Å². The van der Waals surface area contributed by atoms with Gasteiger partial charge in [0.05, 0.1) is 17.5 Å². The Bertz CT molecular complexity index is 610. The Kier molecular flexibility index (Phi) is 2.92.